The van der Waals surface area contributed by atoms with Crippen molar-refractivity contribution in [2.24, 2.45) is 0 Å². The van der Waals surface area contributed by atoms with Crippen molar-refractivity contribution in [3.63, 3.8) is 0 Å². The van der Waals surface area contributed by atoms with Gasteiger partial charge in [0.25, 0.3) is 0 Å². The Morgan fingerprint density at radius 3 is 2.58 bits per heavy atom. The van der Waals surface area contributed by atoms with E-state index in [2.05, 4.69) is 10.1 Å². The van der Waals surface area contributed by atoms with Crippen molar-refractivity contribution in [2.45, 2.75) is 25.6 Å². The lowest BCUT2D eigenvalue weighted by atomic mass is 10.2. The molecule has 0 spiro atoms. The van der Waals surface area contributed by atoms with Crippen molar-refractivity contribution in [1.82, 2.24) is 10.2 Å². The largest absolute Gasteiger partial charge is 0.466 e. The monoisotopic (exact) mass is 286 g/mol. The highest BCUT2D eigenvalue weighted by Crippen LogP contribution is 2.16. The zero-order valence-electron chi connectivity index (χ0n) is 11.2. The van der Waals surface area contributed by atoms with E-state index in [1.807, 2.05) is 0 Å². The first-order valence-corrected chi connectivity index (χ1v) is 6.06. The van der Waals surface area contributed by atoms with Gasteiger partial charge in [0, 0.05) is 19.6 Å². The van der Waals surface area contributed by atoms with Gasteiger partial charge >= 0.3 is 12.1 Å². The summed E-state index contributed by atoms with van der Waals surface area (Å²) in [5.41, 5.74) is 0. The van der Waals surface area contributed by atoms with Gasteiger partial charge in [0.2, 0.25) is 0 Å². The molecule has 0 radical (unpaired) electrons. The van der Waals surface area contributed by atoms with Crippen LogP contribution in [0.5, 0.6) is 0 Å². The van der Waals surface area contributed by atoms with Crippen LogP contribution in [0, 0.1) is 0 Å². The van der Waals surface area contributed by atoms with Gasteiger partial charge in [0.05, 0.1) is 25.7 Å². The number of nitrogens with one attached hydrogen (secondary N) is 1. The second kappa shape index (κ2) is 9.11. The number of halogens is 3. The van der Waals surface area contributed by atoms with E-state index in [1.165, 1.54) is 0 Å². The van der Waals surface area contributed by atoms with Crippen LogP contribution in [0.25, 0.3) is 0 Å². The molecule has 0 saturated carbocycles. The molecule has 0 aliphatic heterocycles. The Kier molecular flexibility index (Phi) is 8.70. The molecule has 1 unspecified atom stereocenters. The van der Waals surface area contributed by atoms with Crippen LogP contribution in [0.1, 0.15) is 13.3 Å². The van der Waals surface area contributed by atoms with E-state index >= 15 is 0 Å². The molecule has 0 aromatic heterocycles. The molecule has 0 aliphatic rings. The number of aliphatic hydroxyl groups excluding tert-OH is 1. The second-order valence-corrected chi connectivity index (χ2v) is 4.12. The van der Waals surface area contributed by atoms with Crippen molar-refractivity contribution in [2.75, 3.05) is 39.8 Å². The van der Waals surface area contributed by atoms with Crippen LogP contribution in [-0.2, 0) is 9.53 Å². The van der Waals surface area contributed by atoms with Gasteiger partial charge in [-0.2, -0.15) is 13.2 Å². The molecule has 0 bridgehead atoms. The van der Waals surface area contributed by atoms with E-state index in [0.29, 0.717) is 6.54 Å². The fourth-order valence-corrected chi connectivity index (χ4v) is 1.53. The standard InChI is InChI=1S/C11H21F3N2O3/c1-3-19-10(18)6-9(17)7-16(5-4-15-2)8-11(12,13)14/h9,15,17H,3-8H2,1-2H3. The zero-order chi connectivity index (χ0) is 14.9. The lowest BCUT2D eigenvalue weighted by Crippen LogP contribution is -2.42. The van der Waals surface area contributed by atoms with Crippen molar-refractivity contribution in [3.8, 4) is 0 Å². The number of carbonyl (C=O) groups is 1. The third-order valence-electron chi connectivity index (χ3n) is 2.26. The molecule has 0 heterocycles. The highest BCUT2D eigenvalue weighted by Gasteiger charge is 2.31. The van der Waals surface area contributed by atoms with Crippen LogP contribution >= 0.6 is 0 Å². The molecule has 0 saturated heterocycles. The predicted octanol–water partition coefficient (Wildman–Crippen LogP) is 0.384. The van der Waals surface area contributed by atoms with Crippen LogP contribution in [0.4, 0.5) is 13.2 Å². The molecular formula is C11H21F3N2O3. The fourth-order valence-electron chi connectivity index (χ4n) is 1.53. The first-order valence-electron chi connectivity index (χ1n) is 6.06. The third-order valence-corrected chi connectivity index (χ3v) is 2.26. The molecule has 0 amide bonds. The second-order valence-electron chi connectivity index (χ2n) is 4.12. The number of esters is 1. The number of aliphatic hydroxyl groups is 1. The Bertz CT molecular complexity index is 262. The molecule has 0 fully saturated rings. The van der Waals surface area contributed by atoms with Crippen molar-refractivity contribution < 1.29 is 27.8 Å². The number of rotatable bonds is 9. The normalized spacial score (nSPS) is 13.6. The molecule has 0 aromatic rings. The number of nitrogens with zero attached hydrogens (tertiary/aromatic N) is 1. The minimum atomic E-state index is -4.34. The molecular weight excluding hydrogens is 265 g/mol. The Morgan fingerprint density at radius 1 is 1.47 bits per heavy atom. The zero-order valence-corrected chi connectivity index (χ0v) is 11.2. The summed E-state index contributed by atoms with van der Waals surface area (Å²) >= 11 is 0. The molecule has 114 valence electrons. The van der Waals surface area contributed by atoms with E-state index in [-0.39, 0.29) is 26.1 Å². The van der Waals surface area contributed by atoms with Gasteiger partial charge in [-0.15, -0.1) is 0 Å². The Hall–Kier alpha value is -0.860. The number of carbonyl (C=O) groups excluding carboxylic acids is 1. The molecule has 0 aromatic carbocycles. The minimum absolute atomic E-state index is 0.135. The smallest absolute Gasteiger partial charge is 0.401 e. The van der Waals surface area contributed by atoms with Crippen molar-refractivity contribution >= 4 is 5.97 Å². The summed E-state index contributed by atoms with van der Waals surface area (Å²) in [6.45, 7) is 0.956. The van der Waals surface area contributed by atoms with E-state index in [9.17, 15) is 23.1 Å². The Balaban J connectivity index is 4.25. The average molecular weight is 286 g/mol. The fraction of sp³-hybridized carbons (Fsp3) is 0.909. The Labute approximate surface area is 110 Å². The summed E-state index contributed by atoms with van der Waals surface area (Å²) < 4.78 is 41.6. The molecule has 5 nitrogen and oxygen atoms in total. The van der Waals surface area contributed by atoms with E-state index in [1.54, 1.807) is 14.0 Å². The van der Waals surface area contributed by atoms with Crippen molar-refractivity contribution in [1.29, 1.82) is 0 Å². The summed E-state index contributed by atoms with van der Waals surface area (Å²) in [7, 11) is 1.63. The minimum Gasteiger partial charge on any atom is -0.466 e. The Morgan fingerprint density at radius 2 is 2.11 bits per heavy atom. The molecule has 19 heavy (non-hydrogen) atoms. The highest BCUT2D eigenvalue weighted by molar-refractivity contribution is 5.69. The van der Waals surface area contributed by atoms with Gasteiger partial charge < -0.3 is 15.2 Å². The van der Waals surface area contributed by atoms with E-state index in [4.69, 9.17) is 0 Å². The highest BCUT2D eigenvalue weighted by atomic mass is 19.4. The van der Waals surface area contributed by atoms with E-state index in [0.717, 1.165) is 4.90 Å². The predicted molar refractivity (Wildman–Crippen MR) is 63.7 cm³/mol. The average Bonchev–Trinajstić information content (AvgIpc) is 2.23. The molecule has 0 aliphatic carbocycles. The molecule has 2 N–H and O–H groups in total. The number of hydrogen-bond donors (Lipinski definition) is 2. The van der Waals surface area contributed by atoms with Gasteiger partial charge in [-0.3, -0.25) is 9.69 Å². The summed E-state index contributed by atoms with van der Waals surface area (Å²) in [6, 6.07) is 0. The first kappa shape index (κ1) is 18.1. The number of likely N-dealkylation sites (N-methyl/N-ethyl adjacent to an activating group) is 1. The maximum absolute atomic E-state index is 12.3. The summed E-state index contributed by atoms with van der Waals surface area (Å²) in [5, 5.41) is 12.3. The van der Waals surface area contributed by atoms with Crippen LogP contribution in [0.2, 0.25) is 0 Å². The maximum Gasteiger partial charge on any atom is 0.401 e. The number of hydrogen-bond acceptors (Lipinski definition) is 5. The topological polar surface area (TPSA) is 61.8 Å². The lowest BCUT2D eigenvalue weighted by Gasteiger charge is -2.25. The summed E-state index contributed by atoms with van der Waals surface area (Å²) in [4.78, 5) is 12.2. The molecule has 0 rings (SSSR count). The number of ether oxygens (including phenoxy) is 1. The third kappa shape index (κ3) is 10.7. The van der Waals surface area contributed by atoms with Gasteiger partial charge in [0.15, 0.2) is 0 Å². The SMILES string of the molecule is CCOC(=O)CC(O)CN(CCNC)CC(F)(F)F. The summed E-state index contributed by atoms with van der Waals surface area (Å²) in [6.07, 6.45) is -5.81. The van der Waals surface area contributed by atoms with Crippen LogP contribution < -0.4 is 5.32 Å². The molecule has 1 atom stereocenters. The van der Waals surface area contributed by atoms with Gasteiger partial charge in [0.1, 0.15) is 0 Å². The maximum atomic E-state index is 12.3. The number of alkyl halides is 3. The van der Waals surface area contributed by atoms with Gasteiger partial charge in [-0.1, -0.05) is 0 Å². The van der Waals surface area contributed by atoms with Crippen LogP contribution in [0.15, 0.2) is 0 Å². The molecule has 8 heteroatoms. The van der Waals surface area contributed by atoms with Gasteiger partial charge in [-0.25, -0.2) is 0 Å². The van der Waals surface area contributed by atoms with E-state index < -0.39 is 24.8 Å². The van der Waals surface area contributed by atoms with Crippen LogP contribution in [0.3, 0.4) is 0 Å². The van der Waals surface area contributed by atoms with Gasteiger partial charge in [-0.05, 0) is 14.0 Å². The van der Waals surface area contributed by atoms with Crippen LogP contribution in [-0.4, -0.2) is 68.1 Å². The lowest BCUT2D eigenvalue weighted by molar-refractivity contribution is -0.151. The van der Waals surface area contributed by atoms with Crippen molar-refractivity contribution in [3.05, 3.63) is 0 Å². The quantitative estimate of drug-likeness (QED) is 0.600. The summed E-state index contributed by atoms with van der Waals surface area (Å²) in [5.74, 6) is -0.615. The first-order chi connectivity index (χ1) is 8.78.